The Bertz CT molecular complexity index is 1420. The summed E-state index contributed by atoms with van der Waals surface area (Å²) in [6.07, 6.45) is -0.352. The molecule has 0 aromatic carbocycles. The molecule has 0 saturated heterocycles. The smallest absolute Gasteiger partial charge is 0.251 e. The van der Waals surface area contributed by atoms with Gasteiger partial charge < -0.3 is 0 Å². The molecule has 0 bridgehead atoms. The summed E-state index contributed by atoms with van der Waals surface area (Å²) in [5, 5.41) is 16.8. The lowest BCUT2D eigenvalue weighted by Crippen LogP contribution is -2.20. The summed E-state index contributed by atoms with van der Waals surface area (Å²) >= 11 is 0. The van der Waals surface area contributed by atoms with Gasteiger partial charge in [0.05, 0.1) is 30.0 Å². The van der Waals surface area contributed by atoms with E-state index >= 15 is 0 Å². The van der Waals surface area contributed by atoms with Crippen LogP contribution in [0.25, 0.3) is 0 Å². The molecule has 3 rings (SSSR count). The second-order valence-electron chi connectivity index (χ2n) is 7.76. The van der Waals surface area contributed by atoms with Crippen LogP contribution in [-0.2, 0) is 42.3 Å². The van der Waals surface area contributed by atoms with Gasteiger partial charge in [0.25, 0.3) is 0 Å². The zero-order chi connectivity index (χ0) is 27.4. The predicted molar refractivity (Wildman–Crippen MR) is 131 cm³/mol. The molecular formula is C22H26F6N6O2S2. The summed E-state index contributed by atoms with van der Waals surface area (Å²) in [4.78, 5) is 6.57. The molecule has 8 nitrogen and oxygen atoms in total. The maximum Gasteiger partial charge on any atom is 0.433 e. The number of hydrogen-bond acceptors (Lipinski definition) is 8. The van der Waals surface area contributed by atoms with E-state index < -0.39 is 47.9 Å². The molecule has 2 heterocycles. The molecule has 0 spiro atoms. The maximum atomic E-state index is 12.4. The minimum Gasteiger partial charge on any atom is -0.251 e. The van der Waals surface area contributed by atoms with Crippen LogP contribution in [0.3, 0.4) is 0 Å². The highest BCUT2D eigenvalue weighted by Crippen LogP contribution is 2.53. The fourth-order valence-corrected chi connectivity index (χ4v) is 5.88. The summed E-state index contributed by atoms with van der Waals surface area (Å²) in [6, 6.07) is 4.10. The van der Waals surface area contributed by atoms with Crippen LogP contribution < -0.4 is 0 Å². The van der Waals surface area contributed by atoms with Gasteiger partial charge in [-0.2, -0.15) is 36.9 Å². The number of alkyl halides is 6. The summed E-state index contributed by atoms with van der Waals surface area (Å²) in [7, 11) is -5.55. The summed E-state index contributed by atoms with van der Waals surface area (Å²) in [5.74, 6) is -0.105. The topological polar surface area (TPSA) is 132 Å². The largest absolute Gasteiger partial charge is 0.433 e. The molecule has 0 amide bonds. The fraction of sp³-hybridized carbons (Fsp3) is 0.455. The van der Waals surface area contributed by atoms with Gasteiger partial charge in [0.2, 0.25) is 12.4 Å². The van der Waals surface area contributed by atoms with Crippen molar-refractivity contribution >= 4 is 19.5 Å². The lowest BCUT2D eigenvalue weighted by molar-refractivity contribution is -0.142. The highest BCUT2D eigenvalue weighted by Gasteiger charge is 2.52. The van der Waals surface area contributed by atoms with Crippen LogP contribution >= 0.6 is 0 Å². The number of hydrogen-bond donors (Lipinski definition) is 0. The van der Waals surface area contributed by atoms with Crippen molar-refractivity contribution < 1.29 is 34.8 Å². The van der Waals surface area contributed by atoms with Crippen LogP contribution in [0.2, 0.25) is 0 Å². The van der Waals surface area contributed by atoms with Crippen LogP contribution in [0.1, 0.15) is 50.2 Å². The molecular weight excluding hydrogens is 558 g/mol. The van der Waals surface area contributed by atoms with Crippen LogP contribution in [0, 0.1) is 22.9 Å². The number of pyridine rings is 2. The summed E-state index contributed by atoms with van der Waals surface area (Å²) in [5.41, 5.74) is -1.23. The third kappa shape index (κ3) is 8.66. The van der Waals surface area contributed by atoms with Gasteiger partial charge in [-0.1, -0.05) is 27.0 Å². The summed E-state index contributed by atoms with van der Waals surface area (Å²) in [6.45, 7) is 0. The SMILES string of the molecule is C.C.CS(=O)(=NC#N)C1(c2ccc(C(F)(F)F)nc2)CC1.CS(=O)(Cc1ccc(C(F)(F)F)nc1)=NC#N. The van der Waals surface area contributed by atoms with Gasteiger partial charge in [-0.15, -0.1) is 8.73 Å². The third-order valence-electron chi connectivity index (χ3n) is 5.01. The van der Waals surface area contributed by atoms with Gasteiger partial charge in [-0.05, 0) is 36.1 Å². The Kier molecular flexibility index (Phi) is 11.5. The number of nitriles is 2. The van der Waals surface area contributed by atoms with Crippen molar-refractivity contribution in [1.82, 2.24) is 9.97 Å². The molecule has 0 radical (unpaired) electrons. The van der Waals surface area contributed by atoms with Crippen molar-refractivity contribution in [3.05, 3.63) is 59.2 Å². The molecule has 1 saturated carbocycles. The average Bonchev–Trinajstić information content (AvgIpc) is 3.56. The summed E-state index contributed by atoms with van der Waals surface area (Å²) < 4.78 is 104. The minimum atomic E-state index is -4.50. The first-order valence-corrected chi connectivity index (χ1v) is 13.7. The molecule has 1 aliphatic carbocycles. The van der Waals surface area contributed by atoms with E-state index in [0.29, 0.717) is 24.0 Å². The molecule has 2 aromatic rings. The molecule has 2 unspecified atom stereocenters. The van der Waals surface area contributed by atoms with Crippen molar-refractivity contribution in [3.63, 3.8) is 0 Å². The highest BCUT2D eigenvalue weighted by atomic mass is 32.2. The minimum absolute atomic E-state index is 0. The predicted octanol–water partition coefficient (Wildman–Crippen LogP) is 6.12. The van der Waals surface area contributed by atoms with Gasteiger partial charge in [-0.25, -0.2) is 8.42 Å². The van der Waals surface area contributed by atoms with E-state index in [-0.39, 0.29) is 20.6 Å². The Labute approximate surface area is 218 Å². The Morgan fingerprint density at radius 2 is 1.34 bits per heavy atom. The van der Waals surface area contributed by atoms with E-state index in [1.165, 1.54) is 37.0 Å². The molecule has 1 aliphatic rings. The molecule has 0 aliphatic heterocycles. The van der Waals surface area contributed by atoms with E-state index in [2.05, 4.69) is 18.7 Å². The van der Waals surface area contributed by atoms with Gasteiger partial charge in [0.15, 0.2) is 0 Å². The number of aromatic nitrogens is 2. The molecule has 0 N–H and O–H groups in total. The molecule has 16 heteroatoms. The van der Waals surface area contributed by atoms with Gasteiger partial charge in [0.1, 0.15) is 11.4 Å². The average molecular weight is 585 g/mol. The molecule has 38 heavy (non-hydrogen) atoms. The number of rotatable bonds is 4. The zero-order valence-electron chi connectivity index (χ0n) is 18.7. The van der Waals surface area contributed by atoms with Crippen LogP contribution in [-0.4, -0.2) is 30.9 Å². The first kappa shape index (κ1) is 34.8. The maximum absolute atomic E-state index is 12.4. The van der Waals surface area contributed by atoms with Gasteiger partial charge in [-0.3, -0.25) is 9.97 Å². The Balaban J connectivity index is 0.000000689. The van der Waals surface area contributed by atoms with Crippen LogP contribution in [0.5, 0.6) is 0 Å². The lowest BCUT2D eigenvalue weighted by Gasteiger charge is -2.16. The standard InChI is InChI=1S/C11H10F3N3OS.C9H8F3N3OS.2CH4/c1-19(18,17-7-15)10(4-5-10)8-2-3-9(16-6-8)11(12,13)14;1-17(16,15-6-13)5-7-2-3-8(14-4-7)9(10,11)12;;/h2-3,6H,4-5H2,1H3;2-4H,5H2,1H3;2*1H4. The Morgan fingerprint density at radius 1 is 0.868 bits per heavy atom. The van der Waals surface area contributed by atoms with Crippen molar-refractivity contribution in [3.8, 4) is 12.4 Å². The highest BCUT2D eigenvalue weighted by molar-refractivity contribution is 7.94. The van der Waals surface area contributed by atoms with Crippen molar-refractivity contribution in [2.75, 3.05) is 12.5 Å². The van der Waals surface area contributed by atoms with Crippen LogP contribution in [0.4, 0.5) is 26.3 Å². The normalized spacial score (nSPS) is 16.7. The Hall–Kier alpha value is -3.24. The number of nitrogens with zero attached hydrogens (tertiary/aromatic N) is 6. The van der Waals surface area contributed by atoms with E-state index in [0.717, 1.165) is 24.5 Å². The van der Waals surface area contributed by atoms with Gasteiger partial charge in [0, 0.05) is 24.9 Å². The van der Waals surface area contributed by atoms with Crippen LogP contribution in [0.15, 0.2) is 45.4 Å². The lowest BCUT2D eigenvalue weighted by atomic mass is 10.1. The zero-order valence-corrected chi connectivity index (χ0v) is 20.3. The third-order valence-corrected chi connectivity index (χ3v) is 8.87. The molecule has 1 fully saturated rings. The van der Waals surface area contributed by atoms with E-state index in [1.54, 1.807) is 0 Å². The number of halogens is 6. The second-order valence-corrected chi connectivity index (χ2v) is 12.7. The quantitative estimate of drug-likeness (QED) is 0.314. The molecule has 210 valence electrons. The van der Waals surface area contributed by atoms with E-state index in [4.69, 9.17) is 10.5 Å². The van der Waals surface area contributed by atoms with Gasteiger partial charge >= 0.3 is 12.4 Å². The fourth-order valence-electron chi connectivity index (χ4n) is 3.10. The van der Waals surface area contributed by atoms with Crippen molar-refractivity contribution in [2.45, 2.75) is 50.5 Å². The Morgan fingerprint density at radius 3 is 1.68 bits per heavy atom. The van der Waals surface area contributed by atoms with E-state index in [9.17, 15) is 34.8 Å². The van der Waals surface area contributed by atoms with E-state index in [1.807, 2.05) is 0 Å². The second kappa shape index (κ2) is 12.5. The van der Waals surface area contributed by atoms with Crippen molar-refractivity contribution in [1.29, 1.82) is 10.5 Å². The van der Waals surface area contributed by atoms with Crippen molar-refractivity contribution in [2.24, 2.45) is 8.73 Å². The first-order valence-electron chi connectivity index (χ1n) is 9.71. The monoisotopic (exact) mass is 584 g/mol. The first-order chi connectivity index (χ1) is 16.5. The molecule has 2 aromatic heterocycles. The molecule has 2 atom stereocenters.